The van der Waals surface area contributed by atoms with Crippen LogP contribution in [0.15, 0.2) is 0 Å². The van der Waals surface area contributed by atoms with Crippen LogP contribution in [0.5, 0.6) is 0 Å². The summed E-state index contributed by atoms with van der Waals surface area (Å²) in [7, 11) is 6.12. The smallest absolute Gasteiger partial charge is 0.0632 e. The largest absolute Gasteiger partial charge is 0.380 e. The average Bonchev–Trinajstić information content (AvgIpc) is 2.02. The maximum Gasteiger partial charge on any atom is 0.0632 e. The molecule has 0 rings (SSSR count). The highest BCUT2D eigenvalue weighted by atomic mass is 16.5. The van der Waals surface area contributed by atoms with Crippen LogP contribution in [-0.2, 0) is 4.74 Å². The molecule has 1 N–H and O–H groups in total. The van der Waals surface area contributed by atoms with Crippen molar-refractivity contribution in [3.63, 3.8) is 0 Å². The summed E-state index contributed by atoms with van der Waals surface area (Å²) in [6.07, 6.45) is 1.10. The van der Waals surface area contributed by atoms with Gasteiger partial charge in [0.05, 0.1) is 6.61 Å². The van der Waals surface area contributed by atoms with Gasteiger partial charge in [0.1, 0.15) is 0 Å². The third kappa shape index (κ3) is 6.58. The summed E-state index contributed by atoms with van der Waals surface area (Å²) in [5.74, 6) is 0. The first-order valence-electron chi connectivity index (χ1n) is 4.60. The van der Waals surface area contributed by atoms with Gasteiger partial charge >= 0.3 is 0 Å². The minimum absolute atomic E-state index is 0.451. The van der Waals surface area contributed by atoms with Crippen LogP contribution in [-0.4, -0.2) is 51.8 Å². The zero-order chi connectivity index (χ0) is 9.40. The van der Waals surface area contributed by atoms with Crippen LogP contribution in [0.4, 0.5) is 0 Å². The number of nitrogens with one attached hydrogen (secondary N) is 1. The number of hydrogen-bond acceptors (Lipinski definition) is 3. The number of likely N-dealkylation sites (N-methyl/N-ethyl adjacent to an activating group) is 2. The van der Waals surface area contributed by atoms with Crippen LogP contribution in [0.2, 0.25) is 0 Å². The summed E-state index contributed by atoms with van der Waals surface area (Å²) < 4.78 is 5.45. The number of rotatable bonds is 7. The van der Waals surface area contributed by atoms with Crippen molar-refractivity contribution in [1.82, 2.24) is 10.2 Å². The van der Waals surface area contributed by atoms with Crippen molar-refractivity contribution in [3.05, 3.63) is 0 Å². The van der Waals surface area contributed by atoms with E-state index in [1.54, 1.807) is 0 Å². The quantitative estimate of drug-likeness (QED) is 0.571. The lowest BCUT2D eigenvalue weighted by Crippen LogP contribution is -2.39. The topological polar surface area (TPSA) is 24.5 Å². The Morgan fingerprint density at radius 2 is 2.08 bits per heavy atom. The molecule has 0 aromatic carbocycles. The monoisotopic (exact) mass is 174 g/mol. The van der Waals surface area contributed by atoms with E-state index in [2.05, 4.69) is 31.2 Å². The van der Waals surface area contributed by atoms with Crippen LogP contribution in [0.1, 0.15) is 13.3 Å². The van der Waals surface area contributed by atoms with E-state index in [0.29, 0.717) is 6.04 Å². The first-order valence-corrected chi connectivity index (χ1v) is 4.60. The minimum Gasteiger partial charge on any atom is -0.380 e. The molecule has 0 fully saturated rings. The lowest BCUT2D eigenvalue weighted by molar-refractivity contribution is 0.105. The Labute approximate surface area is 76.1 Å². The van der Waals surface area contributed by atoms with Gasteiger partial charge in [0.25, 0.3) is 0 Å². The summed E-state index contributed by atoms with van der Waals surface area (Å²) in [5.41, 5.74) is 0. The zero-order valence-corrected chi connectivity index (χ0v) is 8.76. The Morgan fingerprint density at radius 3 is 2.50 bits per heavy atom. The lowest BCUT2D eigenvalue weighted by Gasteiger charge is -2.20. The first-order chi connectivity index (χ1) is 5.70. The van der Waals surface area contributed by atoms with Gasteiger partial charge in [-0.25, -0.2) is 0 Å². The number of hydrogen-bond donors (Lipinski definition) is 1. The van der Waals surface area contributed by atoms with E-state index in [1.807, 2.05) is 7.05 Å². The summed E-state index contributed by atoms with van der Waals surface area (Å²) in [6.45, 7) is 4.83. The Bertz CT molecular complexity index is 96.5. The third-order valence-electron chi connectivity index (χ3n) is 1.66. The Morgan fingerprint density at radius 1 is 1.42 bits per heavy atom. The second kappa shape index (κ2) is 7.53. The van der Waals surface area contributed by atoms with Crippen molar-refractivity contribution in [3.8, 4) is 0 Å². The molecule has 74 valence electrons. The van der Waals surface area contributed by atoms with Gasteiger partial charge in [0.15, 0.2) is 0 Å². The normalized spacial score (nSPS) is 13.8. The third-order valence-corrected chi connectivity index (χ3v) is 1.66. The lowest BCUT2D eigenvalue weighted by atomic mass is 10.3. The van der Waals surface area contributed by atoms with Crippen molar-refractivity contribution in [2.75, 3.05) is 40.9 Å². The van der Waals surface area contributed by atoms with E-state index >= 15 is 0 Å². The SMILES string of the molecule is CCCOCC(CN(C)C)NC. The van der Waals surface area contributed by atoms with Crippen molar-refractivity contribution in [1.29, 1.82) is 0 Å². The van der Waals surface area contributed by atoms with Gasteiger partial charge in [0.2, 0.25) is 0 Å². The van der Waals surface area contributed by atoms with Gasteiger partial charge in [0, 0.05) is 19.2 Å². The molecule has 0 aliphatic heterocycles. The summed E-state index contributed by atoms with van der Waals surface area (Å²) >= 11 is 0. The predicted octanol–water partition coefficient (Wildman–Crippen LogP) is 0.563. The van der Waals surface area contributed by atoms with E-state index in [0.717, 1.165) is 26.2 Å². The predicted molar refractivity (Wildman–Crippen MR) is 52.5 cm³/mol. The van der Waals surface area contributed by atoms with Crippen LogP contribution < -0.4 is 5.32 Å². The Kier molecular flexibility index (Phi) is 7.45. The molecular formula is C9H22N2O. The molecule has 1 unspecified atom stereocenters. The van der Waals surface area contributed by atoms with E-state index in [4.69, 9.17) is 4.74 Å². The molecule has 0 bridgehead atoms. The molecule has 0 aliphatic rings. The molecule has 0 heterocycles. The van der Waals surface area contributed by atoms with Gasteiger partial charge < -0.3 is 15.0 Å². The van der Waals surface area contributed by atoms with E-state index in [9.17, 15) is 0 Å². The van der Waals surface area contributed by atoms with Gasteiger partial charge in [-0.15, -0.1) is 0 Å². The van der Waals surface area contributed by atoms with Gasteiger partial charge in [-0.05, 0) is 27.6 Å². The summed E-state index contributed by atoms with van der Waals surface area (Å²) in [4.78, 5) is 2.16. The zero-order valence-electron chi connectivity index (χ0n) is 8.76. The molecular weight excluding hydrogens is 152 g/mol. The highest BCUT2D eigenvalue weighted by molar-refractivity contribution is 4.65. The second-order valence-corrected chi connectivity index (χ2v) is 3.32. The van der Waals surface area contributed by atoms with Crippen molar-refractivity contribution in [2.45, 2.75) is 19.4 Å². The van der Waals surface area contributed by atoms with Gasteiger partial charge in [-0.1, -0.05) is 6.92 Å². The maximum absolute atomic E-state index is 5.45. The standard InChI is InChI=1S/C9H22N2O/c1-5-6-12-8-9(10-2)7-11(3)4/h9-10H,5-8H2,1-4H3. The van der Waals surface area contributed by atoms with E-state index in [1.165, 1.54) is 0 Å². The summed E-state index contributed by atoms with van der Waals surface area (Å²) in [5, 5.41) is 3.23. The molecule has 0 saturated carbocycles. The highest BCUT2D eigenvalue weighted by Gasteiger charge is 2.06. The van der Waals surface area contributed by atoms with Crippen LogP contribution in [0.25, 0.3) is 0 Å². The molecule has 12 heavy (non-hydrogen) atoms. The molecule has 0 aromatic heterocycles. The molecule has 0 aromatic rings. The first kappa shape index (κ1) is 11.9. The second-order valence-electron chi connectivity index (χ2n) is 3.32. The van der Waals surface area contributed by atoms with Crippen LogP contribution in [0, 0.1) is 0 Å². The molecule has 0 amide bonds. The van der Waals surface area contributed by atoms with Gasteiger partial charge in [-0.3, -0.25) is 0 Å². The molecule has 3 nitrogen and oxygen atoms in total. The van der Waals surface area contributed by atoms with Crippen LogP contribution >= 0.6 is 0 Å². The molecule has 0 saturated heterocycles. The summed E-state index contributed by atoms with van der Waals surface area (Å²) in [6, 6.07) is 0.451. The van der Waals surface area contributed by atoms with Crippen molar-refractivity contribution < 1.29 is 4.74 Å². The van der Waals surface area contributed by atoms with E-state index in [-0.39, 0.29) is 0 Å². The molecule has 0 aliphatic carbocycles. The number of nitrogens with zero attached hydrogens (tertiary/aromatic N) is 1. The van der Waals surface area contributed by atoms with E-state index < -0.39 is 0 Å². The van der Waals surface area contributed by atoms with Gasteiger partial charge in [-0.2, -0.15) is 0 Å². The molecule has 1 atom stereocenters. The minimum atomic E-state index is 0.451. The number of ether oxygens (including phenoxy) is 1. The van der Waals surface area contributed by atoms with Crippen molar-refractivity contribution >= 4 is 0 Å². The molecule has 0 spiro atoms. The highest BCUT2D eigenvalue weighted by Crippen LogP contribution is 1.89. The Hall–Kier alpha value is -0.120. The van der Waals surface area contributed by atoms with Crippen molar-refractivity contribution in [2.24, 2.45) is 0 Å². The molecule has 0 radical (unpaired) electrons. The van der Waals surface area contributed by atoms with Crippen LogP contribution in [0.3, 0.4) is 0 Å². The average molecular weight is 174 g/mol. The fourth-order valence-corrected chi connectivity index (χ4v) is 1.04. The Balaban J connectivity index is 3.39. The maximum atomic E-state index is 5.45. The fraction of sp³-hybridized carbons (Fsp3) is 1.00. The fourth-order valence-electron chi connectivity index (χ4n) is 1.04. The molecule has 3 heteroatoms.